The van der Waals surface area contributed by atoms with E-state index >= 15 is 0 Å². The minimum absolute atomic E-state index is 0.0464. The molecule has 1 aliphatic heterocycles. The Morgan fingerprint density at radius 1 is 1.60 bits per heavy atom. The molecule has 0 saturated carbocycles. The van der Waals surface area contributed by atoms with Crippen LogP contribution < -0.4 is 0 Å². The second kappa shape index (κ2) is 3.33. The van der Waals surface area contributed by atoms with Gasteiger partial charge in [0.2, 0.25) is 0 Å². The number of hydrogen-bond acceptors (Lipinski definition) is 2. The molecule has 0 N–H and O–H groups in total. The molecule has 10 heavy (non-hydrogen) atoms. The standard InChI is InChI=1S/C7H13ClOS/c1-7(2)5-6(10-8)3-4-9-7/h6H,3-5H2,1-2H3. The van der Waals surface area contributed by atoms with Crippen LogP contribution >= 0.6 is 21.7 Å². The average molecular weight is 181 g/mol. The van der Waals surface area contributed by atoms with Crippen molar-refractivity contribution in [2.24, 2.45) is 0 Å². The molecule has 0 aromatic rings. The van der Waals surface area contributed by atoms with Gasteiger partial charge >= 0.3 is 0 Å². The molecular formula is C7H13ClOS. The lowest BCUT2D eigenvalue weighted by Gasteiger charge is -2.33. The predicted octanol–water partition coefficient (Wildman–Crippen LogP) is 2.83. The number of hydrogen-bond donors (Lipinski definition) is 0. The fourth-order valence-electron chi connectivity index (χ4n) is 1.25. The quantitative estimate of drug-likeness (QED) is 0.614. The zero-order chi connectivity index (χ0) is 7.61. The summed E-state index contributed by atoms with van der Waals surface area (Å²) in [5.74, 6) is 0. The van der Waals surface area contributed by atoms with Crippen LogP contribution in [0.15, 0.2) is 0 Å². The first-order valence-electron chi connectivity index (χ1n) is 3.55. The lowest BCUT2D eigenvalue weighted by molar-refractivity contribution is -0.0484. The first kappa shape index (κ1) is 8.69. The van der Waals surface area contributed by atoms with Crippen molar-refractivity contribution < 1.29 is 4.74 Å². The molecule has 1 saturated heterocycles. The molecule has 1 rings (SSSR count). The number of rotatable bonds is 1. The van der Waals surface area contributed by atoms with Crippen molar-refractivity contribution in [1.29, 1.82) is 0 Å². The maximum atomic E-state index is 5.67. The van der Waals surface area contributed by atoms with Gasteiger partial charge in [-0.2, -0.15) is 0 Å². The molecule has 0 aromatic carbocycles. The van der Waals surface area contributed by atoms with Gasteiger partial charge in [-0.3, -0.25) is 0 Å². The molecule has 0 aliphatic carbocycles. The lowest BCUT2D eigenvalue weighted by atomic mass is 9.98. The maximum Gasteiger partial charge on any atom is 0.0637 e. The first-order chi connectivity index (χ1) is 4.64. The molecule has 0 radical (unpaired) electrons. The normalized spacial score (nSPS) is 32.1. The van der Waals surface area contributed by atoms with Crippen molar-refractivity contribution in [1.82, 2.24) is 0 Å². The van der Waals surface area contributed by atoms with E-state index in [1.165, 1.54) is 11.0 Å². The summed E-state index contributed by atoms with van der Waals surface area (Å²) in [5, 5.41) is 0.588. The van der Waals surface area contributed by atoms with Crippen LogP contribution in [0.4, 0.5) is 0 Å². The Kier molecular flexibility index (Phi) is 2.90. The fourth-order valence-corrected chi connectivity index (χ4v) is 2.36. The van der Waals surface area contributed by atoms with Gasteiger partial charge in [0.25, 0.3) is 0 Å². The van der Waals surface area contributed by atoms with Crippen molar-refractivity contribution in [2.45, 2.75) is 37.5 Å². The van der Waals surface area contributed by atoms with Crippen LogP contribution in [0.1, 0.15) is 26.7 Å². The third-order valence-corrected chi connectivity index (χ3v) is 3.19. The molecule has 60 valence electrons. The van der Waals surface area contributed by atoms with Crippen LogP contribution in [-0.4, -0.2) is 17.5 Å². The van der Waals surface area contributed by atoms with Gasteiger partial charge in [0, 0.05) is 11.9 Å². The highest BCUT2D eigenvalue weighted by atomic mass is 35.7. The van der Waals surface area contributed by atoms with Crippen molar-refractivity contribution in [2.75, 3.05) is 6.61 Å². The molecule has 1 heterocycles. The summed E-state index contributed by atoms with van der Waals surface area (Å²) >= 11 is 0. The Hall–Kier alpha value is 0.600. The Labute approximate surface area is 71.0 Å². The highest BCUT2D eigenvalue weighted by molar-refractivity contribution is 8.21. The molecule has 1 fully saturated rings. The van der Waals surface area contributed by atoms with E-state index in [1.807, 2.05) is 0 Å². The zero-order valence-corrected chi connectivity index (χ0v) is 7.97. The summed E-state index contributed by atoms with van der Waals surface area (Å²) in [5.41, 5.74) is 0.0464. The third-order valence-electron chi connectivity index (χ3n) is 1.78. The van der Waals surface area contributed by atoms with E-state index in [0.29, 0.717) is 5.25 Å². The zero-order valence-electron chi connectivity index (χ0n) is 6.39. The molecule has 1 atom stereocenters. The monoisotopic (exact) mass is 180 g/mol. The van der Waals surface area contributed by atoms with E-state index in [4.69, 9.17) is 15.4 Å². The molecule has 3 heteroatoms. The SMILES string of the molecule is CC1(C)CC(SCl)CCO1. The van der Waals surface area contributed by atoms with Crippen LogP contribution in [0.2, 0.25) is 0 Å². The average Bonchev–Trinajstić information content (AvgIpc) is 1.86. The Bertz CT molecular complexity index is 116. The van der Waals surface area contributed by atoms with Crippen LogP contribution in [0.25, 0.3) is 0 Å². The molecule has 1 unspecified atom stereocenters. The predicted molar refractivity (Wildman–Crippen MR) is 46.5 cm³/mol. The smallest absolute Gasteiger partial charge is 0.0637 e. The summed E-state index contributed by atoms with van der Waals surface area (Å²) < 4.78 is 5.53. The lowest BCUT2D eigenvalue weighted by Crippen LogP contribution is -2.34. The number of ether oxygens (including phenoxy) is 1. The molecule has 0 aromatic heterocycles. The van der Waals surface area contributed by atoms with Gasteiger partial charge in [0.05, 0.1) is 5.60 Å². The highest BCUT2D eigenvalue weighted by Gasteiger charge is 2.28. The van der Waals surface area contributed by atoms with Gasteiger partial charge < -0.3 is 4.74 Å². The van der Waals surface area contributed by atoms with E-state index in [1.54, 1.807) is 0 Å². The van der Waals surface area contributed by atoms with E-state index in [9.17, 15) is 0 Å². The minimum Gasteiger partial charge on any atom is -0.375 e. The van der Waals surface area contributed by atoms with E-state index in [0.717, 1.165) is 19.4 Å². The van der Waals surface area contributed by atoms with Crippen molar-refractivity contribution >= 4 is 21.7 Å². The molecule has 1 nitrogen and oxygen atoms in total. The largest absolute Gasteiger partial charge is 0.375 e. The van der Waals surface area contributed by atoms with Crippen LogP contribution in [0.5, 0.6) is 0 Å². The summed E-state index contributed by atoms with van der Waals surface area (Å²) in [6.45, 7) is 5.09. The second-order valence-electron chi connectivity index (χ2n) is 3.31. The van der Waals surface area contributed by atoms with Gasteiger partial charge in [-0.1, -0.05) is 11.0 Å². The van der Waals surface area contributed by atoms with Gasteiger partial charge in [-0.05, 0) is 37.4 Å². The summed E-state index contributed by atoms with van der Waals surface area (Å²) in [7, 11) is 7.11. The Balaban J connectivity index is 2.40. The number of halogens is 1. The van der Waals surface area contributed by atoms with Gasteiger partial charge in [-0.25, -0.2) is 0 Å². The van der Waals surface area contributed by atoms with Crippen LogP contribution in [0.3, 0.4) is 0 Å². The topological polar surface area (TPSA) is 9.23 Å². The third kappa shape index (κ3) is 2.33. The summed E-state index contributed by atoms with van der Waals surface area (Å²) in [6, 6.07) is 0. The minimum atomic E-state index is 0.0464. The van der Waals surface area contributed by atoms with Gasteiger partial charge in [-0.15, -0.1) is 0 Å². The van der Waals surface area contributed by atoms with Crippen molar-refractivity contribution in [3.63, 3.8) is 0 Å². The first-order valence-corrected chi connectivity index (χ1v) is 5.26. The molecule has 0 amide bonds. The summed E-state index contributed by atoms with van der Waals surface area (Å²) in [6.07, 6.45) is 2.17. The molecule has 0 bridgehead atoms. The molecule has 0 spiro atoms. The Morgan fingerprint density at radius 2 is 2.30 bits per heavy atom. The van der Waals surface area contributed by atoms with Crippen LogP contribution in [-0.2, 0) is 4.74 Å². The second-order valence-corrected chi connectivity index (χ2v) is 4.69. The fraction of sp³-hybridized carbons (Fsp3) is 1.00. The maximum absolute atomic E-state index is 5.67. The van der Waals surface area contributed by atoms with E-state index in [-0.39, 0.29) is 5.60 Å². The summed E-state index contributed by atoms with van der Waals surface area (Å²) in [4.78, 5) is 0. The van der Waals surface area contributed by atoms with Gasteiger partial charge in [0.15, 0.2) is 0 Å². The van der Waals surface area contributed by atoms with E-state index < -0.39 is 0 Å². The van der Waals surface area contributed by atoms with Gasteiger partial charge in [0.1, 0.15) is 0 Å². The van der Waals surface area contributed by atoms with E-state index in [2.05, 4.69) is 13.8 Å². The highest BCUT2D eigenvalue weighted by Crippen LogP contribution is 2.33. The molecule has 1 aliphatic rings. The van der Waals surface area contributed by atoms with Crippen molar-refractivity contribution in [3.8, 4) is 0 Å². The Morgan fingerprint density at radius 3 is 2.70 bits per heavy atom. The molecular weight excluding hydrogens is 168 g/mol. The van der Waals surface area contributed by atoms with Crippen LogP contribution in [0, 0.1) is 0 Å². The van der Waals surface area contributed by atoms with Crippen molar-refractivity contribution in [3.05, 3.63) is 0 Å².